The van der Waals surface area contributed by atoms with Gasteiger partial charge in [0.1, 0.15) is 5.82 Å². The van der Waals surface area contributed by atoms with Gasteiger partial charge >= 0.3 is 5.97 Å². The van der Waals surface area contributed by atoms with E-state index in [4.69, 9.17) is 7.85 Å². The van der Waals surface area contributed by atoms with Crippen molar-refractivity contribution in [3.8, 4) is 0 Å². The number of carboxylic acids is 1. The molecule has 0 spiro atoms. The van der Waals surface area contributed by atoms with E-state index in [0.717, 1.165) is 70.0 Å². The molecule has 2 unspecified atom stereocenters. The normalized spacial score (nSPS) is 22.7. The molecule has 1 fully saturated rings. The molecular formula is C21H29BFNO2. The first kappa shape index (κ1) is 19.4. The summed E-state index contributed by atoms with van der Waals surface area (Å²) in [6.07, 6.45) is 8.22. The zero-order valence-electron chi connectivity index (χ0n) is 15.5. The van der Waals surface area contributed by atoms with Gasteiger partial charge in [0.25, 0.3) is 0 Å². The van der Waals surface area contributed by atoms with Crippen LogP contribution in [0.3, 0.4) is 0 Å². The second-order valence-electron chi connectivity index (χ2n) is 7.85. The number of nitrogens with zero attached hydrogens (tertiary/aromatic N) is 1. The summed E-state index contributed by atoms with van der Waals surface area (Å²) in [5.41, 5.74) is 2.42. The van der Waals surface area contributed by atoms with Crippen molar-refractivity contribution in [2.75, 3.05) is 13.1 Å². The van der Waals surface area contributed by atoms with Crippen molar-refractivity contribution in [2.24, 2.45) is 11.8 Å². The van der Waals surface area contributed by atoms with Gasteiger partial charge in [-0.2, -0.15) is 0 Å². The van der Waals surface area contributed by atoms with E-state index in [1.807, 2.05) is 6.07 Å². The number of aryl methyl sites for hydroxylation is 1. The lowest BCUT2D eigenvalue weighted by molar-refractivity contribution is -0.144. The number of halogens is 1. The van der Waals surface area contributed by atoms with E-state index in [1.54, 1.807) is 12.1 Å². The number of benzene rings is 1. The molecule has 5 heteroatoms. The lowest BCUT2D eigenvalue weighted by Crippen LogP contribution is -2.41. The van der Waals surface area contributed by atoms with Crippen LogP contribution >= 0.6 is 0 Å². The molecule has 1 saturated heterocycles. The van der Waals surface area contributed by atoms with E-state index < -0.39 is 5.97 Å². The molecule has 1 aromatic rings. The fraction of sp³-hybridized carbons (Fsp3) is 0.667. The molecule has 2 aliphatic rings. The van der Waals surface area contributed by atoms with Crippen molar-refractivity contribution in [1.29, 1.82) is 0 Å². The van der Waals surface area contributed by atoms with Crippen molar-refractivity contribution in [1.82, 2.24) is 4.90 Å². The molecule has 0 saturated carbocycles. The summed E-state index contributed by atoms with van der Waals surface area (Å²) in [5.74, 6) is -0.821. The number of carboxylic acid groups (broad SMARTS) is 1. The first-order chi connectivity index (χ1) is 12.6. The second-order valence-corrected chi connectivity index (χ2v) is 7.85. The summed E-state index contributed by atoms with van der Waals surface area (Å²) >= 11 is 0. The Labute approximate surface area is 157 Å². The summed E-state index contributed by atoms with van der Waals surface area (Å²) in [6.45, 7) is 1.82. The molecule has 1 aliphatic heterocycles. The van der Waals surface area contributed by atoms with E-state index >= 15 is 0 Å². The quantitative estimate of drug-likeness (QED) is 0.582. The van der Waals surface area contributed by atoms with Crippen LogP contribution in [0.2, 0.25) is 6.32 Å². The smallest absolute Gasteiger partial charge is 0.306 e. The topological polar surface area (TPSA) is 40.5 Å². The van der Waals surface area contributed by atoms with Gasteiger partial charge < -0.3 is 5.11 Å². The molecule has 0 bridgehead atoms. The Morgan fingerprint density at radius 2 is 2.04 bits per heavy atom. The number of aliphatic carboxylic acids is 1. The Balaban J connectivity index is 1.62. The molecule has 1 heterocycles. The maximum atomic E-state index is 13.7. The Morgan fingerprint density at radius 3 is 2.73 bits per heavy atom. The van der Waals surface area contributed by atoms with Crippen molar-refractivity contribution in [2.45, 2.75) is 63.7 Å². The van der Waals surface area contributed by atoms with Gasteiger partial charge in [-0.1, -0.05) is 25.2 Å². The molecule has 1 aliphatic carbocycles. The molecular weight excluding hydrogens is 328 g/mol. The standard InChI is InChI=1S/C21H29BFNO2/c22-11-2-1-5-18(21(25)26)16-9-12-24(13-10-16)20-6-3-4-15-7-8-17(23)14-19(15)20/h7-8,14,16,18,20H,1-6,9-13H2,(H,25,26). The van der Waals surface area contributed by atoms with Crippen LogP contribution in [0.5, 0.6) is 0 Å². The molecule has 0 aromatic heterocycles. The number of hydrogen-bond acceptors (Lipinski definition) is 2. The zero-order valence-corrected chi connectivity index (χ0v) is 15.5. The van der Waals surface area contributed by atoms with Crippen LogP contribution in [-0.4, -0.2) is 36.9 Å². The fourth-order valence-corrected chi connectivity index (χ4v) is 4.83. The van der Waals surface area contributed by atoms with Gasteiger partial charge in [0.15, 0.2) is 0 Å². The summed E-state index contributed by atoms with van der Waals surface area (Å²) in [4.78, 5) is 14.1. The molecule has 2 atom stereocenters. The minimum atomic E-state index is -0.662. The number of likely N-dealkylation sites (tertiary alicyclic amines) is 1. The van der Waals surface area contributed by atoms with Gasteiger partial charge in [-0.15, -0.1) is 0 Å². The van der Waals surface area contributed by atoms with E-state index in [-0.39, 0.29) is 23.7 Å². The number of fused-ring (bicyclic) bond motifs is 1. The zero-order chi connectivity index (χ0) is 18.5. The van der Waals surface area contributed by atoms with Gasteiger partial charge in [-0.25, -0.2) is 4.39 Å². The second kappa shape index (κ2) is 9.03. The van der Waals surface area contributed by atoms with Crippen LogP contribution in [-0.2, 0) is 11.2 Å². The van der Waals surface area contributed by atoms with Crippen LogP contribution in [0.4, 0.5) is 4.39 Å². The molecule has 3 nitrogen and oxygen atoms in total. The first-order valence-corrected chi connectivity index (χ1v) is 10.1. The maximum Gasteiger partial charge on any atom is 0.306 e. The third-order valence-corrected chi connectivity index (χ3v) is 6.26. The van der Waals surface area contributed by atoms with Gasteiger partial charge in [-0.3, -0.25) is 9.69 Å². The Morgan fingerprint density at radius 1 is 1.27 bits per heavy atom. The van der Waals surface area contributed by atoms with Gasteiger partial charge in [0.05, 0.1) is 13.8 Å². The fourth-order valence-electron chi connectivity index (χ4n) is 4.83. The van der Waals surface area contributed by atoms with Crippen LogP contribution in [0.25, 0.3) is 0 Å². The monoisotopic (exact) mass is 357 g/mol. The van der Waals surface area contributed by atoms with Crippen LogP contribution in [0.1, 0.15) is 62.1 Å². The number of rotatable bonds is 7. The lowest BCUT2D eigenvalue weighted by atomic mass is 9.79. The van der Waals surface area contributed by atoms with Crippen molar-refractivity contribution >= 4 is 13.8 Å². The molecule has 140 valence electrons. The summed E-state index contributed by atoms with van der Waals surface area (Å²) in [6, 6.07) is 5.49. The van der Waals surface area contributed by atoms with Gasteiger partial charge in [0, 0.05) is 6.04 Å². The van der Waals surface area contributed by atoms with Crippen molar-refractivity contribution in [3.05, 3.63) is 35.1 Å². The van der Waals surface area contributed by atoms with E-state index in [9.17, 15) is 14.3 Å². The van der Waals surface area contributed by atoms with Crippen molar-refractivity contribution in [3.63, 3.8) is 0 Å². The summed E-state index contributed by atoms with van der Waals surface area (Å²) in [7, 11) is 5.54. The highest BCUT2D eigenvalue weighted by molar-refractivity contribution is 6.08. The largest absolute Gasteiger partial charge is 0.481 e. The lowest BCUT2D eigenvalue weighted by Gasteiger charge is -2.41. The van der Waals surface area contributed by atoms with Crippen molar-refractivity contribution < 1.29 is 14.3 Å². The number of piperidine rings is 1. The van der Waals surface area contributed by atoms with Gasteiger partial charge in [0.2, 0.25) is 0 Å². The highest BCUT2D eigenvalue weighted by atomic mass is 19.1. The average molecular weight is 357 g/mol. The maximum absolute atomic E-state index is 13.7. The SMILES string of the molecule is [B]CCCCC(C(=O)O)C1CCN(C2CCCc3ccc(F)cc32)CC1. The Bertz CT molecular complexity index is 616. The predicted octanol–water partition coefficient (Wildman–Crippen LogP) is 4.37. The first-order valence-electron chi connectivity index (χ1n) is 10.1. The third-order valence-electron chi connectivity index (χ3n) is 6.26. The highest BCUT2D eigenvalue weighted by Crippen LogP contribution is 2.38. The summed E-state index contributed by atoms with van der Waals surface area (Å²) < 4.78 is 13.7. The number of carbonyl (C=O) groups is 1. The Hall–Kier alpha value is -1.36. The van der Waals surface area contributed by atoms with Gasteiger partial charge in [-0.05, 0) is 80.8 Å². The molecule has 2 radical (unpaired) electrons. The molecule has 3 rings (SSSR count). The molecule has 1 aromatic carbocycles. The van der Waals surface area contributed by atoms with Crippen LogP contribution < -0.4 is 0 Å². The summed E-state index contributed by atoms with van der Waals surface area (Å²) in [5, 5.41) is 9.61. The van der Waals surface area contributed by atoms with E-state index in [1.165, 1.54) is 5.56 Å². The molecule has 26 heavy (non-hydrogen) atoms. The Kier molecular flexibility index (Phi) is 6.74. The third kappa shape index (κ3) is 4.48. The predicted molar refractivity (Wildman–Crippen MR) is 102 cm³/mol. The van der Waals surface area contributed by atoms with Crippen LogP contribution in [0.15, 0.2) is 18.2 Å². The molecule has 0 amide bonds. The minimum Gasteiger partial charge on any atom is -0.481 e. The minimum absolute atomic E-state index is 0.156. The molecule has 1 N–H and O–H groups in total. The van der Waals surface area contributed by atoms with E-state index in [2.05, 4.69) is 4.90 Å². The number of hydrogen-bond donors (Lipinski definition) is 1. The average Bonchev–Trinajstić information content (AvgIpc) is 2.65. The number of unbranched alkanes of at least 4 members (excludes halogenated alkanes) is 1. The van der Waals surface area contributed by atoms with Crippen LogP contribution in [0, 0.1) is 17.7 Å². The highest BCUT2D eigenvalue weighted by Gasteiger charge is 2.34. The van der Waals surface area contributed by atoms with E-state index in [0.29, 0.717) is 6.32 Å².